The second-order valence-corrected chi connectivity index (χ2v) is 8.56. The number of nitrogens with zero attached hydrogens (tertiary/aromatic N) is 1. The second-order valence-electron chi connectivity index (χ2n) is 7.78. The van der Waals surface area contributed by atoms with Crippen molar-refractivity contribution in [1.29, 1.82) is 0 Å². The Kier molecular flexibility index (Phi) is 6.10. The van der Waals surface area contributed by atoms with Crippen LogP contribution in [0.15, 0.2) is 41.1 Å². The van der Waals surface area contributed by atoms with Gasteiger partial charge in [0.05, 0.1) is 0 Å². The number of carbonyl (C=O) groups excluding carboxylic acids is 1. The van der Waals surface area contributed by atoms with Crippen LogP contribution < -0.4 is 15.5 Å². The van der Waals surface area contributed by atoms with Crippen molar-refractivity contribution in [2.75, 3.05) is 18.0 Å². The number of rotatable bonds is 6. The predicted octanol–water partition coefficient (Wildman–Crippen LogP) is 4.18. The zero-order chi connectivity index (χ0) is 18.5. The largest absolute Gasteiger partial charge is 0.371 e. The molecule has 27 heavy (non-hydrogen) atoms. The van der Waals surface area contributed by atoms with Crippen molar-refractivity contribution in [2.24, 2.45) is 0 Å². The standard InChI is InChI=1S/C22H29N3OS/c26-22(24-20-3-1-2-4-20)18-5-7-21(8-6-18)25-12-9-19(10-13-25)23-15-17-11-14-27-16-17/h5-8,11,14,16,19-20,23H,1-4,9-10,12-13,15H2,(H,24,26). The molecule has 4 nitrogen and oxygen atoms in total. The van der Waals surface area contributed by atoms with Gasteiger partial charge in [-0.25, -0.2) is 0 Å². The third-order valence-corrected chi connectivity index (χ3v) is 6.59. The number of thiophene rings is 1. The second kappa shape index (κ2) is 8.89. The van der Waals surface area contributed by atoms with Crippen LogP contribution in [0.4, 0.5) is 5.69 Å². The number of nitrogens with one attached hydrogen (secondary N) is 2. The molecule has 2 fully saturated rings. The summed E-state index contributed by atoms with van der Waals surface area (Å²) in [6.07, 6.45) is 7.05. The Labute approximate surface area is 166 Å². The van der Waals surface area contributed by atoms with Gasteiger partial charge in [0.1, 0.15) is 0 Å². The summed E-state index contributed by atoms with van der Waals surface area (Å²) in [4.78, 5) is 14.8. The SMILES string of the molecule is O=C(NC1CCCC1)c1ccc(N2CCC(NCc3ccsc3)CC2)cc1. The summed E-state index contributed by atoms with van der Waals surface area (Å²) in [6.45, 7) is 3.10. The molecule has 1 aliphatic carbocycles. The normalized spacial score (nSPS) is 18.7. The first-order valence-electron chi connectivity index (χ1n) is 10.2. The number of hydrogen-bond acceptors (Lipinski definition) is 4. The molecule has 0 bridgehead atoms. The Morgan fingerprint density at radius 1 is 1.00 bits per heavy atom. The maximum absolute atomic E-state index is 12.4. The fraction of sp³-hybridized carbons (Fsp3) is 0.500. The summed E-state index contributed by atoms with van der Waals surface area (Å²) >= 11 is 1.76. The fourth-order valence-electron chi connectivity index (χ4n) is 4.16. The maximum Gasteiger partial charge on any atom is 0.251 e. The minimum atomic E-state index is 0.0739. The van der Waals surface area contributed by atoms with Crippen LogP contribution in [0.5, 0.6) is 0 Å². The van der Waals surface area contributed by atoms with E-state index in [0.29, 0.717) is 12.1 Å². The fourth-order valence-corrected chi connectivity index (χ4v) is 4.83. The minimum Gasteiger partial charge on any atom is -0.371 e. The quantitative estimate of drug-likeness (QED) is 0.786. The molecule has 2 N–H and O–H groups in total. The molecule has 1 amide bonds. The third kappa shape index (κ3) is 4.90. The monoisotopic (exact) mass is 383 g/mol. The van der Waals surface area contributed by atoms with Crippen LogP contribution in [-0.4, -0.2) is 31.1 Å². The topological polar surface area (TPSA) is 44.4 Å². The Morgan fingerprint density at radius 2 is 1.74 bits per heavy atom. The van der Waals surface area contributed by atoms with Gasteiger partial charge in [-0.15, -0.1) is 0 Å². The smallest absolute Gasteiger partial charge is 0.251 e. The maximum atomic E-state index is 12.4. The highest BCUT2D eigenvalue weighted by Crippen LogP contribution is 2.22. The number of benzene rings is 1. The molecule has 4 rings (SSSR count). The number of amides is 1. The lowest BCUT2D eigenvalue weighted by atomic mass is 10.0. The van der Waals surface area contributed by atoms with Crippen LogP contribution in [0.3, 0.4) is 0 Å². The highest BCUT2D eigenvalue weighted by atomic mass is 32.1. The van der Waals surface area contributed by atoms with Gasteiger partial charge >= 0.3 is 0 Å². The van der Waals surface area contributed by atoms with E-state index in [4.69, 9.17) is 0 Å². The molecule has 1 aromatic carbocycles. The van der Waals surface area contributed by atoms with Gasteiger partial charge in [-0.05, 0) is 72.3 Å². The summed E-state index contributed by atoms with van der Waals surface area (Å²) in [7, 11) is 0. The zero-order valence-corrected chi connectivity index (χ0v) is 16.6. The molecule has 0 spiro atoms. The molecule has 2 aliphatic rings. The predicted molar refractivity (Wildman–Crippen MR) is 113 cm³/mol. The van der Waals surface area contributed by atoms with Gasteiger partial charge in [-0.1, -0.05) is 12.8 Å². The van der Waals surface area contributed by atoms with Crippen LogP contribution in [0.25, 0.3) is 0 Å². The van der Waals surface area contributed by atoms with Gasteiger partial charge in [0.25, 0.3) is 5.91 Å². The highest BCUT2D eigenvalue weighted by Gasteiger charge is 2.20. The van der Waals surface area contributed by atoms with Gasteiger partial charge in [0, 0.05) is 43.0 Å². The summed E-state index contributed by atoms with van der Waals surface area (Å²) < 4.78 is 0. The van der Waals surface area contributed by atoms with E-state index in [1.807, 2.05) is 12.1 Å². The Morgan fingerprint density at radius 3 is 2.41 bits per heavy atom. The average Bonchev–Trinajstić information content (AvgIpc) is 3.41. The molecule has 2 heterocycles. The highest BCUT2D eigenvalue weighted by molar-refractivity contribution is 7.07. The first-order valence-corrected chi connectivity index (χ1v) is 11.1. The Bertz CT molecular complexity index is 715. The van der Waals surface area contributed by atoms with Gasteiger partial charge in [-0.3, -0.25) is 4.79 Å². The van der Waals surface area contributed by atoms with Crippen LogP contribution in [0.2, 0.25) is 0 Å². The molecule has 144 valence electrons. The van der Waals surface area contributed by atoms with Gasteiger partial charge in [0.2, 0.25) is 0 Å². The van der Waals surface area contributed by atoms with E-state index in [0.717, 1.165) is 50.9 Å². The summed E-state index contributed by atoms with van der Waals surface area (Å²) in [5.74, 6) is 0.0739. The van der Waals surface area contributed by atoms with Crippen molar-refractivity contribution in [3.8, 4) is 0 Å². The number of carbonyl (C=O) groups is 1. The van der Waals surface area contributed by atoms with E-state index in [2.05, 4.69) is 44.5 Å². The van der Waals surface area contributed by atoms with E-state index in [-0.39, 0.29) is 5.91 Å². The van der Waals surface area contributed by atoms with E-state index < -0.39 is 0 Å². The summed E-state index contributed by atoms with van der Waals surface area (Å²) in [5.41, 5.74) is 3.38. The van der Waals surface area contributed by atoms with Crippen molar-refractivity contribution in [3.63, 3.8) is 0 Å². The molecular weight excluding hydrogens is 354 g/mol. The van der Waals surface area contributed by atoms with Crippen molar-refractivity contribution < 1.29 is 4.79 Å². The van der Waals surface area contributed by atoms with E-state index in [9.17, 15) is 4.79 Å². The summed E-state index contributed by atoms with van der Waals surface area (Å²) in [5, 5.41) is 11.2. The third-order valence-electron chi connectivity index (χ3n) is 5.85. The molecule has 1 saturated heterocycles. The average molecular weight is 384 g/mol. The molecule has 1 aliphatic heterocycles. The first-order chi connectivity index (χ1) is 13.3. The van der Waals surface area contributed by atoms with Crippen molar-refractivity contribution in [2.45, 2.75) is 57.2 Å². The van der Waals surface area contributed by atoms with Gasteiger partial charge < -0.3 is 15.5 Å². The lowest BCUT2D eigenvalue weighted by Gasteiger charge is -2.34. The molecule has 2 aromatic rings. The lowest BCUT2D eigenvalue weighted by molar-refractivity contribution is 0.0938. The van der Waals surface area contributed by atoms with E-state index in [1.54, 1.807) is 11.3 Å². The number of anilines is 1. The van der Waals surface area contributed by atoms with Crippen molar-refractivity contribution in [3.05, 3.63) is 52.2 Å². The van der Waals surface area contributed by atoms with E-state index >= 15 is 0 Å². The summed E-state index contributed by atoms with van der Waals surface area (Å²) in [6, 6.07) is 11.3. The van der Waals surface area contributed by atoms with Gasteiger partial charge in [0.15, 0.2) is 0 Å². The molecule has 5 heteroatoms. The van der Waals surface area contributed by atoms with Crippen LogP contribution >= 0.6 is 11.3 Å². The Balaban J connectivity index is 1.25. The minimum absolute atomic E-state index is 0.0739. The first kappa shape index (κ1) is 18.5. The van der Waals surface area contributed by atoms with Crippen LogP contribution in [0.1, 0.15) is 54.4 Å². The van der Waals surface area contributed by atoms with Crippen molar-refractivity contribution in [1.82, 2.24) is 10.6 Å². The zero-order valence-electron chi connectivity index (χ0n) is 15.8. The molecular formula is C22H29N3OS. The number of hydrogen-bond donors (Lipinski definition) is 2. The van der Waals surface area contributed by atoms with Crippen LogP contribution in [0, 0.1) is 0 Å². The van der Waals surface area contributed by atoms with E-state index in [1.165, 1.54) is 24.1 Å². The molecule has 0 unspecified atom stereocenters. The Hall–Kier alpha value is -1.85. The molecule has 0 atom stereocenters. The number of piperidine rings is 1. The lowest BCUT2D eigenvalue weighted by Crippen LogP contribution is -2.42. The van der Waals surface area contributed by atoms with Crippen LogP contribution in [-0.2, 0) is 6.54 Å². The molecule has 0 radical (unpaired) electrons. The molecule has 1 saturated carbocycles. The van der Waals surface area contributed by atoms with Crippen molar-refractivity contribution >= 4 is 22.9 Å². The molecule has 1 aromatic heterocycles. The van der Waals surface area contributed by atoms with Gasteiger partial charge in [-0.2, -0.15) is 11.3 Å².